The van der Waals surface area contributed by atoms with Crippen molar-refractivity contribution in [3.05, 3.63) is 22.6 Å². The van der Waals surface area contributed by atoms with E-state index in [1.807, 2.05) is 11.2 Å². The third kappa shape index (κ3) is 2.05. The minimum absolute atomic E-state index is 0.0158. The molecular weight excluding hydrogens is 344 g/mol. The van der Waals surface area contributed by atoms with Gasteiger partial charge in [0.2, 0.25) is 11.6 Å². The summed E-state index contributed by atoms with van der Waals surface area (Å²) in [5.41, 5.74) is 0.188. The molecule has 8 heteroatoms. The predicted molar refractivity (Wildman–Crippen MR) is 91.8 cm³/mol. The van der Waals surface area contributed by atoms with Gasteiger partial charge >= 0.3 is 0 Å². The van der Waals surface area contributed by atoms with E-state index < -0.39 is 11.6 Å². The molecule has 136 valence electrons. The molecule has 7 nitrogen and oxygen atoms in total. The van der Waals surface area contributed by atoms with E-state index in [9.17, 15) is 14.7 Å². The van der Waals surface area contributed by atoms with Crippen molar-refractivity contribution < 1.29 is 24.2 Å². The fraction of sp³-hybridized carbons (Fsp3) is 0.647. The average molecular weight is 366 g/mol. The number of Topliss-reactive ketones (excluding diaryl/α,β-unsaturated/α-hetero) is 2. The number of ether oxygens (including phenoxy) is 2. The molecule has 0 spiro atoms. The van der Waals surface area contributed by atoms with Gasteiger partial charge in [-0.2, -0.15) is 11.8 Å². The Morgan fingerprint density at radius 3 is 2.80 bits per heavy atom. The molecule has 0 aromatic heterocycles. The van der Waals surface area contributed by atoms with Crippen molar-refractivity contribution in [3.63, 3.8) is 0 Å². The predicted octanol–water partition coefficient (Wildman–Crippen LogP) is -0.333. The maximum absolute atomic E-state index is 13.1. The third-order valence-electron chi connectivity index (χ3n) is 5.70. The van der Waals surface area contributed by atoms with Gasteiger partial charge in [0.1, 0.15) is 0 Å². The van der Waals surface area contributed by atoms with Crippen LogP contribution in [0.5, 0.6) is 0 Å². The number of fused-ring (bicyclic) bond motifs is 4. The van der Waals surface area contributed by atoms with Gasteiger partial charge in [-0.15, -0.1) is 0 Å². The van der Waals surface area contributed by atoms with Crippen LogP contribution in [0.25, 0.3) is 0 Å². The lowest BCUT2D eigenvalue weighted by atomic mass is 9.83. The monoisotopic (exact) mass is 366 g/mol. The zero-order chi connectivity index (χ0) is 17.9. The van der Waals surface area contributed by atoms with Crippen LogP contribution in [0.4, 0.5) is 0 Å². The summed E-state index contributed by atoms with van der Waals surface area (Å²) in [7, 11) is 1.57. The van der Waals surface area contributed by atoms with Crippen molar-refractivity contribution in [2.75, 3.05) is 38.9 Å². The molecule has 0 saturated carbocycles. The third-order valence-corrected chi connectivity index (χ3v) is 6.27. The highest BCUT2D eigenvalue weighted by molar-refractivity contribution is 7.98. The Morgan fingerprint density at radius 2 is 2.16 bits per heavy atom. The molecule has 3 heterocycles. The van der Waals surface area contributed by atoms with Crippen molar-refractivity contribution in [1.29, 1.82) is 0 Å². The lowest BCUT2D eigenvalue weighted by Crippen LogP contribution is -2.54. The van der Waals surface area contributed by atoms with Crippen molar-refractivity contribution in [2.24, 2.45) is 5.92 Å². The van der Waals surface area contributed by atoms with Crippen molar-refractivity contribution in [2.45, 2.75) is 24.7 Å². The number of carbonyl (C=O) groups is 2. The summed E-state index contributed by atoms with van der Waals surface area (Å²) in [5, 5.41) is 13.4. The summed E-state index contributed by atoms with van der Waals surface area (Å²) in [5.74, 6) is -0.219. The molecule has 2 saturated heterocycles. The van der Waals surface area contributed by atoms with Gasteiger partial charge in [-0.25, -0.2) is 0 Å². The molecule has 2 fully saturated rings. The number of aliphatic hydroxyl groups is 1. The number of methoxy groups -OCH3 is 1. The standard InChI is InChI=1S/C17H22N2O5S/c1-8-13(21)12-11(14(22)15(8)24-4-5-25-3)9(7-20)17(23-2)16-10(18-16)6-19(12)17/h9-10,16,18,20H,4-7H2,1-3H3. The molecule has 25 heavy (non-hydrogen) atoms. The van der Waals surface area contributed by atoms with Crippen LogP contribution in [-0.2, 0) is 19.1 Å². The van der Waals surface area contributed by atoms with Crippen LogP contribution in [0.3, 0.4) is 0 Å². The van der Waals surface area contributed by atoms with E-state index in [2.05, 4.69) is 5.32 Å². The number of piperazine rings is 1. The summed E-state index contributed by atoms with van der Waals surface area (Å²) in [6.07, 6.45) is 1.95. The van der Waals surface area contributed by atoms with Crippen molar-refractivity contribution in [3.8, 4) is 0 Å². The Labute approximate surface area is 150 Å². The second kappa shape index (κ2) is 5.84. The highest BCUT2D eigenvalue weighted by atomic mass is 32.2. The minimum atomic E-state index is -0.871. The van der Waals surface area contributed by atoms with Gasteiger partial charge in [-0.05, 0) is 13.2 Å². The van der Waals surface area contributed by atoms with Crippen LogP contribution in [0.15, 0.2) is 22.6 Å². The molecule has 0 aromatic rings. The van der Waals surface area contributed by atoms with Crippen LogP contribution in [0.1, 0.15) is 6.92 Å². The molecule has 4 rings (SSSR count). The number of carbonyl (C=O) groups excluding carboxylic acids is 2. The van der Waals surface area contributed by atoms with E-state index in [1.165, 1.54) is 0 Å². The molecule has 4 aliphatic rings. The Hall–Kier alpha value is -1.35. The fourth-order valence-corrected chi connectivity index (χ4v) is 4.77. The van der Waals surface area contributed by atoms with E-state index in [0.29, 0.717) is 30.0 Å². The van der Waals surface area contributed by atoms with Crippen LogP contribution >= 0.6 is 11.8 Å². The number of rotatable bonds is 6. The van der Waals surface area contributed by atoms with Crippen molar-refractivity contribution in [1.82, 2.24) is 10.2 Å². The van der Waals surface area contributed by atoms with E-state index >= 15 is 0 Å². The highest BCUT2D eigenvalue weighted by Gasteiger charge is 2.72. The molecule has 0 aromatic carbocycles. The lowest BCUT2D eigenvalue weighted by molar-refractivity contribution is -0.137. The van der Waals surface area contributed by atoms with Gasteiger partial charge in [-0.1, -0.05) is 0 Å². The van der Waals surface area contributed by atoms with E-state index in [4.69, 9.17) is 9.47 Å². The first-order valence-electron chi connectivity index (χ1n) is 8.38. The normalized spacial score (nSPS) is 36.0. The van der Waals surface area contributed by atoms with Crippen molar-refractivity contribution >= 4 is 23.3 Å². The van der Waals surface area contributed by atoms with Gasteiger partial charge in [-0.3, -0.25) is 9.59 Å². The molecule has 4 unspecified atom stereocenters. The Kier molecular flexibility index (Phi) is 3.99. The first kappa shape index (κ1) is 17.1. The molecule has 3 aliphatic heterocycles. The maximum atomic E-state index is 13.1. The first-order chi connectivity index (χ1) is 12.0. The largest absolute Gasteiger partial charge is 0.488 e. The molecular formula is C17H22N2O5S. The van der Waals surface area contributed by atoms with E-state index in [0.717, 1.165) is 5.75 Å². The SMILES string of the molecule is COC12C(CO)C3=C(C(=O)C(C)=C(OCCSC)C3=O)N1CC1NC12. The zero-order valence-corrected chi connectivity index (χ0v) is 15.3. The lowest BCUT2D eigenvalue weighted by Gasteiger charge is -2.39. The maximum Gasteiger partial charge on any atom is 0.226 e. The second-order valence-electron chi connectivity index (χ2n) is 6.77. The number of allylic oxidation sites excluding steroid dienone is 2. The van der Waals surface area contributed by atoms with Gasteiger partial charge in [0, 0.05) is 36.6 Å². The number of ketones is 2. The number of nitrogens with zero attached hydrogens (tertiary/aromatic N) is 1. The average Bonchev–Trinajstić information content (AvgIpc) is 3.22. The smallest absolute Gasteiger partial charge is 0.226 e. The van der Waals surface area contributed by atoms with Crippen LogP contribution < -0.4 is 5.32 Å². The number of thioether (sulfide) groups is 1. The minimum Gasteiger partial charge on any atom is -0.488 e. The Balaban J connectivity index is 1.75. The Bertz CT molecular complexity index is 718. The summed E-state index contributed by atoms with van der Waals surface area (Å²) < 4.78 is 11.5. The zero-order valence-electron chi connectivity index (χ0n) is 14.5. The summed E-state index contributed by atoms with van der Waals surface area (Å²) >= 11 is 1.61. The second-order valence-corrected chi connectivity index (χ2v) is 7.75. The number of hydrogen-bond acceptors (Lipinski definition) is 8. The van der Waals surface area contributed by atoms with E-state index in [1.54, 1.807) is 25.8 Å². The summed E-state index contributed by atoms with van der Waals surface area (Å²) in [6, 6.07) is 0.247. The van der Waals surface area contributed by atoms with Crippen LogP contribution in [0.2, 0.25) is 0 Å². The van der Waals surface area contributed by atoms with Gasteiger partial charge in [0.05, 0.1) is 30.9 Å². The molecule has 0 radical (unpaired) electrons. The fourth-order valence-electron chi connectivity index (χ4n) is 4.52. The first-order valence-corrected chi connectivity index (χ1v) is 9.78. The van der Waals surface area contributed by atoms with Crippen LogP contribution in [-0.4, -0.2) is 78.3 Å². The number of nitrogens with one attached hydrogen (secondary N) is 1. The van der Waals surface area contributed by atoms with Crippen LogP contribution in [0, 0.1) is 5.92 Å². The van der Waals surface area contributed by atoms with Gasteiger partial charge < -0.3 is 24.8 Å². The van der Waals surface area contributed by atoms with Gasteiger partial charge in [0.15, 0.2) is 11.5 Å². The Morgan fingerprint density at radius 1 is 1.40 bits per heavy atom. The number of aliphatic hydroxyl groups excluding tert-OH is 1. The molecule has 4 atom stereocenters. The highest BCUT2D eigenvalue weighted by Crippen LogP contribution is 2.55. The van der Waals surface area contributed by atoms with Gasteiger partial charge in [0.25, 0.3) is 0 Å². The van der Waals surface area contributed by atoms with E-state index in [-0.39, 0.29) is 36.0 Å². The summed E-state index contributed by atoms with van der Waals surface area (Å²) in [6.45, 7) is 2.34. The topological polar surface area (TPSA) is 98.0 Å². The quantitative estimate of drug-likeness (QED) is 0.375. The molecule has 1 aliphatic carbocycles. The summed E-state index contributed by atoms with van der Waals surface area (Å²) in [4.78, 5) is 28.0. The molecule has 0 amide bonds. The number of hydrogen-bond donors (Lipinski definition) is 2. The molecule has 0 bridgehead atoms. The molecule has 2 N–H and O–H groups in total.